The van der Waals surface area contributed by atoms with Gasteiger partial charge in [-0.3, -0.25) is 4.79 Å². The lowest BCUT2D eigenvalue weighted by molar-refractivity contribution is 0.0955. The zero-order chi connectivity index (χ0) is 13.9. The Morgan fingerprint density at radius 3 is 3.00 bits per heavy atom. The smallest absolute Gasteiger partial charge is 0.272 e. The van der Waals surface area contributed by atoms with Crippen LogP contribution in [0.25, 0.3) is 0 Å². The van der Waals surface area contributed by atoms with Gasteiger partial charge in [0.15, 0.2) is 11.5 Å². The minimum atomic E-state index is -0.216. The van der Waals surface area contributed by atoms with Crippen LogP contribution in [0.3, 0.4) is 0 Å². The number of thiophene rings is 1. The van der Waals surface area contributed by atoms with Gasteiger partial charge in [-0.1, -0.05) is 0 Å². The van der Waals surface area contributed by atoms with Gasteiger partial charge in [0.1, 0.15) is 0 Å². The topological polar surface area (TPSA) is 59.9 Å². The second kappa shape index (κ2) is 5.34. The lowest BCUT2D eigenvalue weighted by Gasteiger charge is -1.98. The van der Waals surface area contributed by atoms with Crippen molar-refractivity contribution in [2.75, 3.05) is 6.79 Å². The molecule has 1 aromatic heterocycles. The number of aryl methyl sites for hydroxylation is 1. The van der Waals surface area contributed by atoms with Crippen LogP contribution < -0.4 is 14.9 Å². The molecule has 0 spiro atoms. The Morgan fingerprint density at radius 2 is 2.20 bits per heavy atom. The number of rotatable bonds is 3. The molecule has 0 fully saturated rings. The number of nitrogens with one attached hydrogen (secondary N) is 1. The van der Waals surface area contributed by atoms with Crippen molar-refractivity contribution in [3.8, 4) is 11.5 Å². The van der Waals surface area contributed by atoms with Crippen molar-refractivity contribution < 1.29 is 14.3 Å². The summed E-state index contributed by atoms with van der Waals surface area (Å²) in [6.45, 7) is 2.20. The summed E-state index contributed by atoms with van der Waals surface area (Å²) in [4.78, 5) is 12.9. The summed E-state index contributed by atoms with van der Waals surface area (Å²) >= 11 is 1.53. The van der Waals surface area contributed by atoms with Crippen molar-refractivity contribution >= 4 is 23.5 Å². The molecule has 1 aliphatic heterocycles. The summed E-state index contributed by atoms with van der Waals surface area (Å²) in [6.07, 6.45) is 1.57. The molecule has 0 aliphatic carbocycles. The molecule has 0 bridgehead atoms. The SMILES string of the molecule is Cc1cc(C(=O)N/N=C/c2ccc3c(c2)OCO3)cs1. The van der Waals surface area contributed by atoms with Gasteiger partial charge >= 0.3 is 0 Å². The monoisotopic (exact) mass is 288 g/mol. The van der Waals surface area contributed by atoms with E-state index in [1.165, 1.54) is 11.3 Å². The Balaban J connectivity index is 1.64. The standard InChI is InChI=1S/C14H12N2O3S/c1-9-4-11(7-20-9)14(17)16-15-6-10-2-3-12-13(5-10)19-8-18-12/h2-7H,8H2,1H3,(H,16,17)/b15-6+. The number of hydrogen-bond donors (Lipinski definition) is 1. The summed E-state index contributed by atoms with van der Waals surface area (Å²) in [5, 5.41) is 5.74. The van der Waals surface area contributed by atoms with Gasteiger partial charge in [0.05, 0.1) is 11.8 Å². The number of amides is 1. The van der Waals surface area contributed by atoms with Crippen molar-refractivity contribution in [3.63, 3.8) is 0 Å². The number of nitrogens with zero attached hydrogens (tertiary/aromatic N) is 1. The molecule has 0 saturated carbocycles. The van der Waals surface area contributed by atoms with Crippen LogP contribution in [-0.2, 0) is 0 Å². The number of hydrogen-bond acceptors (Lipinski definition) is 5. The predicted octanol–water partition coefficient (Wildman–Crippen LogP) is 2.55. The van der Waals surface area contributed by atoms with Gasteiger partial charge < -0.3 is 9.47 Å². The maximum absolute atomic E-state index is 11.8. The molecule has 1 amide bonds. The van der Waals surface area contributed by atoms with E-state index in [1.807, 2.05) is 31.2 Å². The molecule has 1 aliphatic rings. The largest absolute Gasteiger partial charge is 0.454 e. The molecule has 20 heavy (non-hydrogen) atoms. The van der Waals surface area contributed by atoms with Gasteiger partial charge in [-0.15, -0.1) is 11.3 Å². The molecule has 2 aromatic rings. The van der Waals surface area contributed by atoms with Crippen molar-refractivity contribution in [2.45, 2.75) is 6.92 Å². The van der Waals surface area contributed by atoms with Crippen molar-refractivity contribution in [1.82, 2.24) is 5.43 Å². The summed E-state index contributed by atoms with van der Waals surface area (Å²) in [5.74, 6) is 1.19. The average Bonchev–Trinajstić information content (AvgIpc) is 3.06. The Bertz CT molecular complexity index is 679. The third-order valence-electron chi connectivity index (χ3n) is 2.77. The Kier molecular flexibility index (Phi) is 3.39. The van der Waals surface area contributed by atoms with Crippen molar-refractivity contribution in [2.24, 2.45) is 5.10 Å². The predicted molar refractivity (Wildman–Crippen MR) is 76.7 cm³/mol. The molecule has 0 atom stereocenters. The lowest BCUT2D eigenvalue weighted by Crippen LogP contribution is -2.16. The maximum atomic E-state index is 11.8. The molecular formula is C14H12N2O3S. The number of carbonyl (C=O) groups excluding carboxylic acids is 1. The molecule has 5 nitrogen and oxygen atoms in total. The van der Waals surface area contributed by atoms with E-state index >= 15 is 0 Å². The summed E-state index contributed by atoms with van der Waals surface area (Å²) in [6, 6.07) is 7.30. The van der Waals surface area contributed by atoms with Crippen molar-refractivity contribution in [1.29, 1.82) is 0 Å². The molecular weight excluding hydrogens is 276 g/mol. The quantitative estimate of drug-likeness (QED) is 0.697. The van der Waals surface area contributed by atoms with E-state index < -0.39 is 0 Å². The highest BCUT2D eigenvalue weighted by molar-refractivity contribution is 7.10. The van der Waals surface area contributed by atoms with E-state index in [0.29, 0.717) is 11.3 Å². The zero-order valence-electron chi connectivity index (χ0n) is 10.8. The second-order valence-electron chi connectivity index (χ2n) is 4.26. The first kappa shape index (κ1) is 12.7. The molecule has 0 saturated heterocycles. The van der Waals surface area contributed by atoms with Crippen LogP contribution in [0.15, 0.2) is 34.7 Å². The molecule has 102 valence electrons. The fourth-order valence-electron chi connectivity index (χ4n) is 1.79. The van der Waals surface area contributed by atoms with Gasteiger partial charge in [-0.05, 0) is 36.8 Å². The number of ether oxygens (including phenoxy) is 2. The molecule has 6 heteroatoms. The Morgan fingerprint density at radius 1 is 1.35 bits per heavy atom. The summed E-state index contributed by atoms with van der Waals surface area (Å²) in [7, 11) is 0. The Labute approximate surface area is 119 Å². The lowest BCUT2D eigenvalue weighted by atomic mass is 10.2. The number of hydrazone groups is 1. The number of benzene rings is 1. The summed E-state index contributed by atoms with van der Waals surface area (Å²) in [5.41, 5.74) is 3.94. The zero-order valence-corrected chi connectivity index (χ0v) is 11.6. The van der Waals surface area contributed by atoms with Crippen LogP contribution in [0.2, 0.25) is 0 Å². The fraction of sp³-hybridized carbons (Fsp3) is 0.143. The first-order chi connectivity index (χ1) is 9.72. The molecule has 1 aromatic carbocycles. The highest BCUT2D eigenvalue weighted by Gasteiger charge is 2.12. The van der Waals surface area contributed by atoms with Crippen LogP contribution in [0.4, 0.5) is 0 Å². The average molecular weight is 288 g/mol. The first-order valence-electron chi connectivity index (χ1n) is 6.00. The van der Waals surface area contributed by atoms with Gasteiger partial charge in [0, 0.05) is 10.3 Å². The van der Waals surface area contributed by atoms with Gasteiger partial charge in [-0.25, -0.2) is 5.43 Å². The van der Waals surface area contributed by atoms with E-state index in [-0.39, 0.29) is 12.7 Å². The molecule has 3 rings (SSSR count). The van der Waals surface area contributed by atoms with Gasteiger partial charge in [0.25, 0.3) is 5.91 Å². The second-order valence-corrected chi connectivity index (χ2v) is 5.37. The van der Waals surface area contributed by atoms with E-state index in [4.69, 9.17) is 9.47 Å². The van der Waals surface area contributed by atoms with E-state index in [1.54, 1.807) is 11.6 Å². The third kappa shape index (κ3) is 2.65. The third-order valence-corrected chi connectivity index (χ3v) is 3.63. The maximum Gasteiger partial charge on any atom is 0.272 e. The van der Waals surface area contributed by atoms with Crippen LogP contribution in [0.1, 0.15) is 20.8 Å². The van der Waals surface area contributed by atoms with E-state index in [0.717, 1.165) is 16.2 Å². The van der Waals surface area contributed by atoms with Gasteiger partial charge in [-0.2, -0.15) is 5.10 Å². The minimum Gasteiger partial charge on any atom is -0.454 e. The van der Waals surface area contributed by atoms with Crippen LogP contribution in [0.5, 0.6) is 11.5 Å². The van der Waals surface area contributed by atoms with Crippen LogP contribution >= 0.6 is 11.3 Å². The van der Waals surface area contributed by atoms with Crippen LogP contribution in [0, 0.1) is 6.92 Å². The van der Waals surface area contributed by atoms with Gasteiger partial charge in [0.2, 0.25) is 6.79 Å². The minimum absolute atomic E-state index is 0.216. The number of carbonyl (C=O) groups is 1. The summed E-state index contributed by atoms with van der Waals surface area (Å²) < 4.78 is 10.5. The molecule has 0 unspecified atom stereocenters. The van der Waals surface area contributed by atoms with E-state index in [9.17, 15) is 4.79 Å². The highest BCUT2D eigenvalue weighted by atomic mass is 32.1. The Hall–Kier alpha value is -2.34. The normalized spacial score (nSPS) is 12.8. The molecule has 0 radical (unpaired) electrons. The molecule has 2 heterocycles. The first-order valence-corrected chi connectivity index (χ1v) is 6.88. The number of fused-ring (bicyclic) bond motifs is 1. The van der Waals surface area contributed by atoms with E-state index in [2.05, 4.69) is 10.5 Å². The fourth-order valence-corrected chi connectivity index (χ4v) is 2.47. The molecule has 1 N–H and O–H groups in total. The highest BCUT2D eigenvalue weighted by Crippen LogP contribution is 2.31. The van der Waals surface area contributed by atoms with Crippen molar-refractivity contribution in [3.05, 3.63) is 45.6 Å². The van der Waals surface area contributed by atoms with Crippen LogP contribution in [-0.4, -0.2) is 18.9 Å².